The van der Waals surface area contributed by atoms with Crippen molar-refractivity contribution in [1.82, 2.24) is 0 Å². The number of ether oxygens (including phenoxy) is 2. The van der Waals surface area contributed by atoms with Crippen molar-refractivity contribution in [3.05, 3.63) is 41.2 Å². The summed E-state index contributed by atoms with van der Waals surface area (Å²) in [6, 6.07) is 4.88. The minimum absolute atomic E-state index is 0.00792. The summed E-state index contributed by atoms with van der Waals surface area (Å²) >= 11 is 0. The van der Waals surface area contributed by atoms with E-state index in [4.69, 9.17) is 9.47 Å². The normalized spacial score (nSPS) is 20.0. The lowest BCUT2D eigenvalue weighted by Crippen LogP contribution is -2.22. The Kier molecular flexibility index (Phi) is 5.86. The first-order valence-electron chi connectivity index (χ1n) is 10.7. The lowest BCUT2D eigenvalue weighted by molar-refractivity contribution is -0.0218. The highest BCUT2D eigenvalue weighted by atomic mass is 19.2. The van der Waals surface area contributed by atoms with Crippen molar-refractivity contribution in [2.75, 3.05) is 13.2 Å². The molecule has 2 aromatic rings. The van der Waals surface area contributed by atoms with Crippen molar-refractivity contribution in [2.45, 2.75) is 58.5 Å². The van der Waals surface area contributed by atoms with Crippen LogP contribution in [0.5, 0.6) is 5.75 Å². The molecule has 1 aliphatic carbocycles. The Bertz CT molecular complexity index is 902. The summed E-state index contributed by atoms with van der Waals surface area (Å²) in [6.07, 6.45) is 5.88. The highest BCUT2D eigenvalue weighted by Crippen LogP contribution is 2.53. The van der Waals surface area contributed by atoms with Crippen molar-refractivity contribution in [2.24, 2.45) is 5.92 Å². The summed E-state index contributed by atoms with van der Waals surface area (Å²) < 4.78 is 55.6. The molecule has 0 amide bonds. The van der Waals surface area contributed by atoms with Crippen molar-refractivity contribution in [3.63, 3.8) is 0 Å². The molecule has 0 bridgehead atoms. The molecule has 5 heteroatoms. The van der Waals surface area contributed by atoms with E-state index < -0.39 is 23.6 Å². The second-order valence-corrected chi connectivity index (χ2v) is 8.01. The topological polar surface area (TPSA) is 18.5 Å². The molecule has 29 heavy (non-hydrogen) atoms. The molecular weight excluding hydrogens is 377 g/mol. The van der Waals surface area contributed by atoms with E-state index in [9.17, 15) is 13.2 Å². The Hall–Kier alpha value is -2.01. The van der Waals surface area contributed by atoms with E-state index in [2.05, 4.69) is 6.92 Å². The van der Waals surface area contributed by atoms with Gasteiger partial charge in [0.2, 0.25) is 0 Å². The minimum atomic E-state index is -0.994. The van der Waals surface area contributed by atoms with Crippen LogP contribution >= 0.6 is 0 Å². The Balaban J connectivity index is 1.56. The summed E-state index contributed by atoms with van der Waals surface area (Å²) in [5.74, 6) is -2.00. The standard InChI is InChI=1S/C24H27F3O2/c1-3-5-6-7-14-8-10-18(29-13-14)17-12-16-15-9-11-19(28-4-2)23(26)20(15)21(16)24(27)22(17)25/h9,11-12,14,18H,3-8,10,13H2,1-2H3. The molecule has 2 aromatic carbocycles. The Morgan fingerprint density at radius 2 is 1.76 bits per heavy atom. The third kappa shape index (κ3) is 3.54. The molecule has 0 N–H and O–H groups in total. The van der Waals surface area contributed by atoms with Gasteiger partial charge in [-0.3, -0.25) is 0 Å². The molecular formula is C24H27F3O2. The number of unbranched alkanes of at least 4 members (excludes halogenated alkanes) is 2. The monoisotopic (exact) mass is 404 g/mol. The fourth-order valence-corrected chi connectivity index (χ4v) is 4.53. The maximum absolute atomic E-state index is 14.9. The van der Waals surface area contributed by atoms with Crippen LogP contribution in [0.2, 0.25) is 0 Å². The van der Waals surface area contributed by atoms with Crippen molar-refractivity contribution in [1.29, 1.82) is 0 Å². The lowest BCUT2D eigenvalue weighted by Gasteiger charge is -2.32. The fourth-order valence-electron chi connectivity index (χ4n) is 4.53. The zero-order valence-electron chi connectivity index (χ0n) is 17.0. The van der Waals surface area contributed by atoms with E-state index >= 15 is 0 Å². The number of halogens is 3. The lowest BCUT2D eigenvalue weighted by atomic mass is 9.77. The van der Waals surface area contributed by atoms with Crippen LogP contribution in [0, 0.1) is 23.4 Å². The fraction of sp³-hybridized carbons (Fsp3) is 0.500. The third-order valence-electron chi connectivity index (χ3n) is 6.11. The first-order chi connectivity index (χ1) is 14.1. The van der Waals surface area contributed by atoms with Crippen LogP contribution in [0.3, 0.4) is 0 Å². The predicted octanol–water partition coefficient (Wildman–Crippen LogP) is 7.20. The number of hydrogen-bond acceptors (Lipinski definition) is 2. The molecule has 0 spiro atoms. The molecule has 2 aliphatic rings. The molecule has 2 unspecified atom stereocenters. The van der Waals surface area contributed by atoms with Gasteiger partial charge in [-0.15, -0.1) is 0 Å². The summed E-state index contributed by atoms with van der Waals surface area (Å²) in [6.45, 7) is 4.81. The van der Waals surface area contributed by atoms with Crippen molar-refractivity contribution >= 4 is 0 Å². The second kappa shape index (κ2) is 8.39. The van der Waals surface area contributed by atoms with Gasteiger partial charge in [-0.2, -0.15) is 0 Å². The number of hydrogen-bond donors (Lipinski definition) is 0. The summed E-state index contributed by atoms with van der Waals surface area (Å²) in [4.78, 5) is 0. The minimum Gasteiger partial charge on any atom is -0.491 e. The average Bonchev–Trinajstić information content (AvgIpc) is 2.71. The van der Waals surface area contributed by atoms with Crippen LogP contribution in [0.1, 0.15) is 64.0 Å². The first kappa shape index (κ1) is 20.3. The Labute approximate surface area is 170 Å². The van der Waals surface area contributed by atoms with Crippen LogP contribution in [-0.2, 0) is 4.74 Å². The smallest absolute Gasteiger partial charge is 0.173 e. The van der Waals surface area contributed by atoms with Crippen molar-refractivity contribution < 1.29 is 22.6 Å². The van der Waals surface area contributed by atoms with E-state index in [0.717, 1.165) is 12.8 Å². The van der Waals surface area contributed by atoms with Crippen LogP contribution in [0.4, 0.5) is 13.2 Å². The average molecular weight is 404 g/mol. The summed E-state index contributed by atoms with van der Waals surface area (Å²) in [7, 11) is 0. The van der Waals surface area contributed by atoms with Crippen LogP contribution < -0.4 is 4.74 Å². The Morgan fingerprint density at radius 1 is 0.966 bits per heavy atom. The SMILES string of the molecule is CCCCCC1CCC(c2cc3c(c(F)c2F)-c2c-3ccc(OCC)c2F)OC1. The van der Waals surface area contributed by atoms with Gasteiger partial charge in [0, 0.05) is 16.7 Å². The number of benzene rings is 2. The van der Waals surface area contributed by atoms with Gasteiger partial charge < -0.3 is 9.47 Å². The Morgan fingerprint density at radius 3 is 2.45 bits per heavy atom. The molecule has 0 saturated carbocycles. The van der Waals surface area contributed by atoms with Gasteiger partial charge in [0.1, 0.15) is 0 Å². The molecule has 156 valence electrons. The summed E-state index contributed by atoms with van der Waals surface area (Å²) in [5.41, 5.74) is 1.50. The molecule has 1 saturated heterocycles. The number of fused-ring (bicyclic) bond motifs is 4. The van der Waals surface area contributed by atoms with E-state index in [-0.39, 0.29) is 22.4 Å². The first-order valence-corrected chi connectivity index (χ1v) is 10.7. The van der Waals surface area contributed by atoms with Crippen LogP contribution in [0.15, 0.2) is 18.2 Å². The van der Waals surface area contributed by atoms with Gasteiger partial charge in [-0.1, -0.05) is 26.2 Å². The highest BCUT2D eigenvalue weighted by molar-refractivity contribution is 6.03. The zero-order chi connectivity index (χ0) is 20.5. The van der Waals surface area contributed by atoms with E-state index in [1.54, 1.807) is 25.1 Å². The number of rotatable bonds is 7. The second-order valence-electron chi connectivity index (χ2n) is 8.01. The highest BCUT2D eigenvalue weighted by Gasteiger charge is 2.36. The van der Waals surface area contributed by atoms with Gasteiger partial charge in [-0.05, 0) is 61.4 Å². The molecule has 2 atom stereocenters. The maximum atomic E-state index is 14.9. The molecule has 0 aromatic heterocycles. The van der Waals surface area contributed by atoms with Gasteiger partial charge in [0.25, 0.3) is 0 Å². The predicted molar refractivity (Wildman–Crippen MR) is 107 cm³/mol. The maximum Gasteiger partial charge on any atom is 0.173 e. The van der Waals surface area contributed by atoms with Crippen LogP contribution in [0.25, 0.3) is 22.3 Å². The largest absolute Gasteiger partial charge is 0.491 e. The van der Waals surface area contributed by atoms with Crippen molar-refractivity contribution in [3.8, 4) is 28.0 Å². The van der Waals surface area contributed by atoms with Gasteiger partial charge in [0.05, 0.1) is 19.3 Å². The van der Waals surface area contributed by atoms with Gasteiger partial charge >= 0.3 is 0 Å². The quantitative estimate of drug-likeness (QED) is 0.388. The molecule has 1 aliphatic heterocycles. The molecule has 4 rings (SSSR count). The molecule has 2 nitrogen and oxygen atoms in total. The molecule has 1 heterocycles. The van der Waals surface area contributed by atoms with E-state index in [1.807, 2.05) is 0 Å². The zero-order valence-corrected chi connectivity index (χ0v) is 17.0. The third-order valence-corrected chi connectivity index (χ3v) is 6.11. The van der Waals surface area contributed by atoms with Gasteiger partial charge in [-0.25, -0.2) is 13.2 Å². The van der Waals surface area contributed by atoms with Gasteiger partial charge in [0.15, 0.2) is 23.2 Å². The van der Waals surface area contributed by atoms with E-state index in [1.165, 1.54) is 19.3 Å². The van der Waals surface area contributed by atoms with Crippen LogP contribution in [-0.4, -0.2) is 13.2 Å². The summed E-state index contributed by atoms with van der Waals surface area (Å²) in [5, 5.41) is 0. The van der Waals surface area contributed by atoms with E-state index in [0.29, 0.717) is 36.7 Å². The molecule has 0 radical (unpaired) electrons. The molecule has 1 fully saturated rings.